The lowest BCUT2D eigenvalue weighted by Crippen LogP contribution is -2.29. The standard InChI is InChI=1S/C16H28N4O4/c1-9(2)20-12(18-14(22)24-16(6,7)8)10(11(17)19-20)13(21)23-15(3,4)5/h9H,1-8H3,(H2,17,19)(H,18,22). The number of esters is 1. The van der Waals surface area contributed by atoms with Gasteiger partial charge in [0.25, 0.3) is 0 Å². The van der Waals surface area contributed by atoms with E-state index in [-0.39, 0.29) is 23.2 Å². The van der Waals surface area contributed by atoms with Crippen molar-refractivity contribution in [2.45, 2.75) is 72.6 Å². The first-order valence-corrected chi connectivity index (χ1v) is 7.82. The summed E-state index contributed by atoms with van der Waals surface area (Å²) in [5.74, 6) is -0.507. The molecule has 1 amide bonds. The average molecular weight is 340 g/mol. The van der Waals surface area contributed by atoms with Crippen LogP contribution in [0.3, 0.4) is 0 Å². The van der Waals surface area contributed by atoms with Crippen molar-refractivity contribution in [1.29, 1.82) is 0 Å². The number of ether oxygens (including phenoxy) is 2. The van der Waals surface area contributed by atoms with Crippen molar-refractivity contribution in [3.05, 3.63) is 5.56 Å². The first-order valence-electron chi connectivity index (χ1n) is 7.82. The summed E-state index contributed by atoms with van der Waals surface area (Å²) in [6, 6.07) is -0.131. The summed E-state index contributed by atoms with van der Waals surface area (Å²) in [6.07, 6.45) is -0.700. The number of carbonyl (C=O) groups excluding carboxylic acids is 2. The molecule has 0 fully saturated rings. The summed E-state index contributed by atoms with van der Waals surface area (Å²) in [5, 5.41) is 6.70. The Labute approximate surface area is 142 Å². The minimum absolute atomic E-state index is 0.0102. The molecular formula is C16H28N4O4. The van der Waals surface area contributed by atoms with E-state index in [4.69, 9.17) is 15.2 Å². The smallest absolute Gasteiger partial charge is 0.413 e. The third-order valence-electron chi connectivity index (χ3n) is 2.65. The second-order valence-corrected chi connectivity index (χ2v) is 7.78. The van der Waals surface area contributed by atoms with Gasteiger partial charge in [-0.15, -0.1) is 0 Å². The summed E-state index contributed by atoms with van der Waals surface area (Å²) < 4.78 is 12.1. The van der Waals surface area contributed by atoms with Gasteiger partial charge < -0.3 is 15.2 Å². The topological polar surface area (TPSA) is 108 Å². The van der Waals surface area contributed by atoms with Crippen molar-refractivity contribution in [2.75, 3.05) is 11.1 Å². The van der Waals surface area contributed by atoms with E-state index in [0.29, 0.717) is 0 Å². The zero-order valence-corrected chi connectivity index (χ0v) is 15.7. The fourth-order valence-corrected chi connectivity index (χ4v) is 1.88. The van der Waals surface area contributed by atoms with E-state index in [1.807, 2.05) is 13.8 Å². The van der Waals surface area contributed by atoms with Crippen LogP contribution >= 0.6 is 0 Å². The largest absolute Gasteiger partial charge is 0.456 e. The Morgan fingerprint density at radius 3 is 2.00 bits per heavy atom. The number of nitrogen functional groups attached to an aromatic ring is 1. The molecule has 0 unspecified atom stereocenters. The highest BCUT2D eigenvalue weighted by Gasteiger charge is 2.30. The molecule has 24 heavy (non-hydrogen) atoms. The summed E-state index contributed by atoms with van der Waals surface area (Å²) in [6.45, 7) is 14.2. The van der Waals surface area contributed by atoms with Crippen molar-refractivity contribution in [3.8, 4) is 0 Å². The van der Waals surface area contributed by atoms with E-state index >= 15 is 0 Å². The van der Waals surface area contributed by atoms with Crippen LogP contribution in [0.4, 0.5) is 16.4 Å². The SMILES string of the molecule is CC(C)n1nc(N)c(C(=O)OC(C)(C)C)c1NC(=O)OC(C)(C)C. The number of rotatable bonds is 3. The van der Waals surface area contributed by atoms with Crippen LogP contribution in [-0.2, 0) is 9.47 Å². The number of aromatic nitrogens is 2. The second kappa shape index (κ2) is 6.70. The van der Waals surface area contributed by atoms with Crippen LogP contribution in [0.2, 0.25) is 0 Å². The fourth-order valence-electron chi connectivity index (χ4n) is 1.88. The highest BCUT2D eigenvalue weighted by molar-refractivity contribution is 6.02. The molecule has 1 aromatic heterocycles. The summed E-state index contributed by atoms with van der Waals surface area (Å²) >= 11 is 0. The van der Waals surface area contributed by atoms with Crippen molar-refractivity contribution in [2.24, 2.45) is 0 Å². The molecule has 136 valence electrons. The first-order chi connectivity index (χ1) is 10.7. The molecule has 1 heterocycles. The Balaban J connectivity index is 3.25. The maximum absolute atomic E-state index is 12.5. The second-order valence-electron chi connectivity index (χ2n) is 7.78. The Morgan fingerprint density at radius 1 is 1.08 bits per heavy atom. The maximum Gasteiger partial charge on any atom is 0.413 e. The van der Waals surface area contributed by atoms with Crippen molar-refractivity contribution in [3.63, 3.8) is 0 Å². The molecule has 0 atom stereocenters. The summed E-state index contributed by atoms with van der Waals surface area (Å²) in [7, 11) is 0. The van der Waals surface area contributed by atoms with Crippen LogP contribution < -0.4 is 11.1 Å². The lowest BCUT2D eigenvalue weighted by molar-refractivity contribution is 0.00719. The molecular weight excluding hydrogens is 312 g/mol. The number of nitrogens with zero attached hydrogens (tertiary/aromatic N) is 2. The number of nitrogens with two attached hydrogens (primary N) is 1. The van der Waals surface area contributed by atoms with Gasteiger partial charge in [-0.05, 0) is 55.4 Å². The van der Waals surface area contributed by atoms with E-state index in [1.165, 1.54) is 4.68 Å². The molecule has 0 aliphatic rings. The molecule has 0 spiro atoms. The van der Waals surface area contributed by atoms with Crippen LogP contribution in [0.1, 0.15) is 71.8 Å². The van der Waals surface area contributed by atoms with Crippen LogP contribution in [-0.4, -0.2) is 33.0 Å². The molecule has 0 radical (unpaired) electrons. The maximum atomic E-state index is 12.5. The fraction of sp³-hybridized carbons (Fsp3) is 0.688. The van der Waals surface area contributed by atoms with E-state index in [2.05, 4.69) is 10.4 Å². The predicted octanol–water partition coefficient (Wildman–Crippen LogP) is 3.35. The van der Waals surface area contributed by atoms with E-state index in [0.717, 1.165) is 0 Å². The number of nitrogens with one attached hydrogen (secondary N) is 1. The summed E-state index contributed by atoms with van der Waals surface area (Å²) in [4.78, 5) is 24.6. The van der Waals surface area contributed by atoms with Gasteiger partial charge in [0.1, 0.15) is 16.8 Å². The number of hydrogen-bond donors (Lipinski definition) is 2. The highest BCUT2D eigenvalue weighted by Crippen LogP contribution is 2.28. The van der Waals surface area contributed by atoms with Crippen LogP contribution in [0.25, 0.3) is 0 Å². The van der Waals surface area contributed by atoms with Gasteiger partial charge in [0, 0.05) is 6.04 Å². The molecule has 0 saturated carbocycles. The Bertz CT molecular complexity index is 621. The van der Waals surface area contributed by atoms with Crippen LogP contribution in [0.15, 0.2) is 0 Å². The normalized spacial score (nSPS) is 12.2. The van der Waals surface area contributed by atoms with Crippen molar-refractivity contribution in [1.82, 2.24) is 9.78 Å². The summed E-state index contributed by atoms with van der Waals surface area (Å²) in [5.41, 5.74) is 4.52. The van der Waals surface area contributed by atoms with Crippen molar-refractivity contribution >= 4 is 23.7 Å². The van der Waals surface area contributed by atoms with Crippen LogP contribution in [0.5, 0.6) is 0 Å². The van der Waals surface area contributed by atoms with Gasteiger partial charge in [0.15, 0.2) is 11.6 Å². The molecule has 1 rings (SSSR count). The molecule has 0 bridgehead atoms. The molecule has 0 aromatic carbocycles. The quantitative estimate of drug-likeness (QED) is 0.817. The monoisotopic (exact) mass is 340 g/mol. The third kappa shape index (κ3) is 5.43. The van der Waals surface area contributed by atoms with Gasteiger partial charge in [-0.3, -0.25) is 5.32 Å². The molecule has 0 saturated heterocycles. The van der Waals surface area contributed by atoms with Gasteiger partial charge in [-0.2, -0.15) is 5.10 Å². The lowest BCUT2D eigenvalue weighted by atomic mass is 10.2. The number of amides is 1. The predicted molar refractivity (Wildman–Crippen MR) is 92.0 cm³/mol. The Kier molecular flexibility index (Phi) is 5.53. The highest BCUT2D eigenvalue weighted by atomic mass is 16.6. The molecule has 8 heteroatoms. The first kappa shape index (κ1) is 19.8. The molecule has 8 nitrogen and oxygen atoms in total. The number of anilines is 2. The van der Waals surface area contributed by atoms with E-state index < -0.39 is 23.3 Å². The van der Waals surface area contributed by atoms with E-state index in [9.17, 15) is 9.59 Å². The molecule has 3 N–H and O–H groups in total. The number of carbonyl (C=O) groups is 2. The van der Waals surface area contributed by atoms with Crippen LogP contribution in [0, 0.1) is 0 Å². The molecule has 0 aliphatic heterocycles. The van der Waals surface area contributed by atoms with Gasteiger partial charge >= 0.3 is 12.1 Å². The van der Waals surface area contributed by atoms with Gasteiger partial charge in [0.2, 0.25) is 0 Å². The zero-order valence-electron chi connectivity index (χ0n) is 15.7. The minimum atomic E-state index is -0.702. The molecule has 1 aromatic rings. The van der Waals surface area contributed by atoms with Gasteiger partial charge in [-0.25, -0.2) is 14.3 Å². The number of hydrogen-bond acceptors (Lipinski definition) is 6. The van der Waals surface area contributed by atoms with E-state index in [1.54, 1.807) is 41.5 Å². The van der Waals surface area contributed by atoms with Crippen molar-refractivity contribution < 1.29 is 19.1 Å². The Hall–Kier alpha value is -2.25. The average Bonchev–Trinajstić information content (AvgIpc) is 2.61. The molecule has 0 aliphatic carbocycles. The Morgan fingerprint density at radius 2 is 1.58 bits per heavy atom. The van der Waals surface area contributed by atoms with Gasteiger partial charge in [0.05, 0.1) is 0 Å². The van der Waals surface area contributed by atoms with Gasteiger partial charge in [-0.1, -0.05) is 0 Å². The lowest BCUT2D eigenvalue weighted by Gasteiger charge is -2.22. The third-order valence-corrected chi connectivity index (χ3v) is 2.65. The minimum Gasteiger partial charge on any atom is -0.456 e. The zero-order chi connectivity index (χ0) is 18.9.